The van der Waals surface area contributed by atoms with Crippen LogP contribution < -0.4 is 14.8 Å². The molecule has 2 rings (SSSR count). The highest BCUT2D eigenvalue weighted by molar-refractivity contribution is 6.05. The molecular formula is C19H20N2O7. The summed E-state index contributed by atoms with van der Waals surface area (Å²) in [5.41, 5.74) is 0.719. The number of ether oxygens (including phenoxy) is 2. The van der Waals surface area contributed by atoms with Crippen molar-refractivity contribution >= 4 is 23.3 Å². The fraction of sp³-hybridized carbons (Fsp3) is 0.263. The summed E-state index contributed by atoms with van der Waals surface area (Å²) in [6.45, 7) is 1.82. The van der Waals surface area contributed by atoms with E-state index >= 15 is 0 Å². The molecule has 2 aromatic rings. The van der Waals surface area contributed by atoms with Crippen molar-refractivity contribution in [2.24, 2.45) is 0 Å². The monoisotopic (exact) mass is 388 g/mol. The Bertz CT molecular complexity index is 879. The quantitative estimate of drug-likeness (QED) is 0.383. The fourth-order valence-corrected chi connectivity index (χ4v) is 2.46. The number of carboxylic acid groups (broad SMARTS) is 1. The Labute approximate surface area is 161 Å². The van der Waals surface area contributed by atoms with Crippen LogP contribution in [0.5, 0.6) is 11.5 Å². The number of nitrogens with zero attached hydrogens (tertiary/aromatic N) is 1. The van der Waals surface area contributed by atoms with Gasteiger partial charge in [-0.3, -0.25) is 19.7 Å². The second-order valence-electron chi connectivity index (χ2n) is 5.90. The normalized spacial score (nSPS) is 10.2. The lowest BCUT2D eigenvalue weighted by atomic mass is 10.1. The number of aliphatic carboxylic acids is 1. The third kappa shape index (κ3) is 5.44. The van der Waals surface area contributed by atoms with Gasteiger partial charge in [-0.25, -0.2) is 0 Å². The molecule has 0 atom stereocenters. The topological polar surface area (TPSA) is 128 Å². The number of hydrogen-bond donors (Lipinski definition) is 2. The predicted molar refractivity (Wildman–Crippen MR) is 101 cm³/mol. The number of anilines is 1. The van der Waals surface area contributed by atoms with Crippen LogP contribution in [0.25, 0.3) is 0 Å². The van der Waals surface area contributed by atoms with Gasteiger partial charge in [-0.1, -0.05) is 0 Å². The van der Waals surface area contributed by atoms with Gasteiger partial charge in [0.1, 0.15) is 11.5 Å². The maximum atomic E-state index is 12.5. The zero-order chi connectivity index (χ0) is 20.7. The van der Waals surface area contributed by atoms with Crippen LogP contribution in [0.15, 0.2) is 36.4 Å². The van der Waals surface area contributed by atoms with Crippen molar-refractivity contribution in [2.45, 2.75) is 19.8 Å². The number of nitro groups is 1. The second kappa shape index (κ2) is 9.36. The third-order valence-electron chi connectivity index (χ3n) is 3.93. The first kappa shape index (κ1) is 20.7. The maximum absolute atomic E-state index is 12.5. The lowest BCUT2D eigenvalue weighted by Gasteiger charge is -2.10. The lowest BCUT2D eigenvalue weighted by molar-refractivity contribution is -0.385. The van der Waals surface area contributed by atoms with Crippen LogP contribution in [0.2, 0.25) is 0 Å². The van der Waals surface area contributed by atoms with E-state index < -0.39 is 16.8 Å². The molecule has 1 amide bonds. The van der Waals surface area contributed by atoms with Crippen LogP contribution >= 0.6 is 0 Å². The molecule has 0 unspecified atom stereocenters. The summed E-state index contributed by atoms with van der Waals surface area (Å²) >= 11 is 0. The molecule has 0 saturated heterocycles. The number of nitro benzene ring substituents is 1. The van der Waals surface area contributed by atoms with E-state index in [1.54, 1.807) is 31.2 Å². The first-order valence-corrected chi connectivity index (χ1v) is 8.41. The number of carboxylic acids is 1. The van der Waals surface area contributed by atoms with Gasteiger partial charge < -0.3 is 19.9 Å². The number of benzene rings is 2. The van der Waals surface area contributed by atoms with Crippen molar-refractivity contribution in [3.05, 3.63) is 57.6 Å². The van der Waals surface area contributed by atoms with Gasteiger partial charge in [0.2, 0.25) is 0 Å². The predicted octanol–water partition coefficient (Wildman–Crippen LogP) is 3.41. The number of amides is 1. The van der Waals surface area contributed by atoms with E-state index in [2.05, 4.69) is 5.32 Å². The Hall–Kier alpha value is -3.62. The summed E-state index contributed by atoms with van der Waals surface area (Å²) in [5, 5.41) is 22.4. The zero-order valence-corrected chi connectivity index (χ0v) is 15.4. The number of rotatable bonds is 9. The average Bonchev–Trinajstić information content (AvgIpc) is 2.66. The van der Waals surface area contributed by atoms with Crippen molar-refractivity contribution in [2.75, 3.05) is 19.0 Å². The number of hydrogen-bond acceptors (Lipinski definition) is 6. The summed E-state index contributed by atoms with van der Waals surface area (Å²) in [5.74, 6) is -0.605. The molecule has 28 heavy (non-hydrogen) atoms. The molecule has 0 saturated carbocycles. The molecule has 0 aliphatic carbocycles. The maximum Gasteiger partial charge on any atom is 0.303 e. The van der Waals surface area contributed by atoms with E-state index in [1.165, 1.54) is 19.2 Å². The Kier molecular flexibility index (Phi) is 6.91. The van der Waals surface area contributed by atoms with Gasteiger partial charge in [-0.05, 0) is 43.7 Å². The molecule has 0 fully saturated rings. The summed E-state index contributed by atoms with van der Waals surface area (Å²) in [7, 11) is 1.38. The molecule has 0 bridgehead atoms. The van der Waals surface area contributed by atoms with Crippen molar-refractivity contribution in [3.63, 3.8) is 0 Å². The summed E-state index contributed by atoms with van der Waals surface area (Å²) < 4.78 is 10.5. The van der Waals surface area contributed by atoms with Crippen LogP contribution in [0.1, 0.15) is 28.8 Å². The van der Waals surface area contributed by atoms with Gasteiger partial charge >= 0.3 is 5.97 Å². The highest BCUT2D eigenvalue weighted by Gasteiger charge is 2.20. The molecule has 0 heterocycles. The first-order valence-electron chi connectivity index (χ1n) is 8.41. The number of methoxy groups -OCH3 is 1. The molecule has 0 spiro atoms. The molecule has 0 radical (unpaired) electrons. The molecule has 0 aliphatic rings. The molecule has 2 N–H and O–H groups in total. The standard InChI is InChI=1S/C19H20N2O7/c1-12-16(21(25)26)10-13(11-17(12)27-2)19(24)20-14-5-7-15(8-6-14)28-9-3-4-18(22)23/h5-8,10-11H,3-4,9H2,1-2H3,(H,20,24)(H,22,23). The molecule has 148 valence electrons. The van der Waals surface area contributed by atoms with Crippen LogP contribution in [-0.2, 0) is 4.79 Å². The summed E-state index contributed by atoms with van der Waals surface area (Å²) in [6.07, 6.45) is 0.419. The first-order chi connectivity index (χ1) is 13.3. The molecular weight excluding hydrogens is 368 g/mol. The Morgan fingerprint density at radius 3 is 2.46 bits per heavy atom. The Morgan fingerprint density at radius 1 is 1.21 bits per heavy atom. The van der Waals surface area contributed by atoms with Gasteiger partial charge in [0.05, 0.1) is 29.8 Å². The van der Waals surface area contributed by atoms with Crippen molar-refractivity contribution in [1.82, 2.24) is 0 Å². The van der Waals surface area contributed by atoms with Crippen molar-refractivity contribution in [1.29, 1.82) is 0 Å². The highest BCUT2D eigenvalue weighted by atomic mass is 16.6. The van der Waals surface area contributed by atoms with E-state index in [-0.39, 0.29) is 30.0 Å². The van der Waals surface area contributed by atoms with E-state index in [4.69, 9.17) is 14.6 Å². The number of nitrogens with one attached hydrogen (secondary N) is 1. The lowest BCUT2D eigenvalue weighted by Crippen LogP contribution is -2.13. The van der Waals surface area contributed by atoms with Gasteiger partial charge in [-0.2, -0.15) is 0 Å². The van der Waals surface area contributed by atoms with E-state index in [0.717, 1.165) is 0 Å². The fourth-order valence-electron chi connectivity index (χ4n) is 2.46. The molecule has 9 heteroatoms. The molecule has 2 aromatic carbocycles. The molecule has 0 aliphatic heterocycles. The minimum atomic E-state index is -0.880. The summed E-state index contributed by atoms with van der Waals surface area (Å²) in [6, 6.07) is 9.14. The minimum Gasteiger partial charge on any atom is -0.496 e. The molecule has 0 aromatic heterocycles. The van der Waals surface area contributed by atoms with Crippen molar-refractivity contribution in [3.8, 4) is 11.5 Å². The number of carbonyl (C=O) groups excluding carboxylic acids is 1. The van der Waals surface area contributed by atoms with Crippen LogP contribution in [0, 0.1) is 17.0 Å². The van der Waals surface area contributed by atoms with Crippen LogP contribution in [0.3, 0.4) is 0 Å². The smallest absolute Gasteiger partial charge is 0.303 e. The number of carbonyl (C=O) groups is 2. The van der Waals surface area contributed by atoms with E-state index in [0.29, 0.717) is 23.4 Å². The zero-order valence-electron chi connectivity index (χ0n) is 15.4. The largest absolute Gasteiger partial charge is 0.496 e. The Balaban J connectivity index is 2.05. The SMILES string of the molecule is COc1cc(C(=O)Nc2ccc(OCCCC(=O)O)cc2)cc([N+](=O)[O-])c1C. The summed E-state index contributed by atoms with van der Waals surface area (Å²) in [4.78, 5) is 33.5. The molecule has 9 nitrogen and oxygen atoms in total. The van der Waals surface area contributed by atoms with Crippen LogP contribution in [0.4, 0.5) is 11.4 Å². The van der Waals surface area contributed by atoms with E-state index in [1.807, 2.05) is 0 Å². The van der Waals surface area contributed by atoms with Gasteiger partial charge in [0, 0.05) is 18.2 Å². The van der Waals surface area contributed by atoms with Gasteiger partial charge in [-0.15, -0.1) is 0 Å². The minimum absolute atomic E-state index is 0.0281. The van der Waals surface area contributed by atoms with Crippen molar-refractivity contribution < 1.29 is 29.1 Å². The average molecular weight is 388 g/mol. The second-order valence-corrected chi connectivity index (χ2v) is 5.90. The van der Waals surface area contributed by atoms with Crippen LogP contribution in [-0.4, -0.2) is 35.6 Å². The Morgan fingerprint density at radius 2 is 1.89 bits per heavy atom. The highest BCUT2D eigenvalue weighted by Crippen LogP contribution is 2.29. The van der Waals surface area contributed by atoms with E-state index in [9.17, 15) is 19.7 Å². The van der Waals surface area contributed by atoms with Gasteiger partial charge in [0.25, 0.3) is 11.6 Å². The third-order valence-corrected chi connectivity index (χ3v) is 3.93. The van der Waals surface area contributed by atoms with Gasteiger partial charge in [0.15, 0.2) is 0 Å².